The van der Waals surface area contributed by atoms with Gasteiger partial charge in [-0.05, 0) is 23.3 Å². The van der Waals surface area contributed by atoms with Crippen LogP contribution >= 0.6 is 0 Å². The first-order valence-corrected chi connectivity index (χ1v) is 6.15. The molecule has 0 bridgehead atoms. The van der Waals surface area contributed by atoms with Gasteiger partial charge in [0.25, 0.3) is 0 Å². The van der Waals surface area contributed by atoms with Crippen molar-refractivity contribution in [3.8, 4) is 5.75 Å². The molecule has 0 aliphatic rings. The van der Waals surface area contributed by atoms with E-state index in [2.05, 4.69) is 4.99 Å². The van der Waals surface area contributed by atoms with Gasteiger partial charge in [0, 0.05) is 6.21 Å². The molecule has 0 aromatic heterocycles. The number of carbonyl (C=O) groups excluding carboxylic acids is 1. The molecule has 2 aromatic carbocycles. The second-order valence-electron chi connectivity index (χ2n) is 4.21. The minimum Gasteiger partial charge on any atom is -0.508 e. The smallest absolute Gasteiger partial charge is 0.335 e. The quantitative estimate of drug-likeness (QED) is 0.685. The number of ether oxygens (including phenoxy) is 1. The molecule has 2 aromatic rings. The number of carbonyl (C=O) groups is 1. The van der Waals surface area contributed by atoms with E-state index in [1.807, 2.05) is 30.3 Å². The zero-order valence-corrected chi connectivity index (χ0v) is 11.1. The van der Waals surface area contributed by atoms with Crippen LogP contribution in [0.3, 0.4) is 0 Å². The summed E-state index contributed by atoms with van der Waals surface area (Å²) in [5.41, 5.74) is 1.57. The fourth-order valence-electron chi connectivity index (χ4n) is 1.75. The Labute approximate surface area is 117 Å². The number of phenols is 1. The Hall–Kier alpha value is -2.62. The third-order valence-electron chi connectivity index (χ3n) is 2.81. The first-order valence-electron chi connectivity index (χ1n) is 6.15. The van der Waals surface area contributed by atoms with Crippen molar-refractivity contribution < 1.29 is 14.6 Å². The van der Waals surface area contributed by atoms with E-state index in [1.54, 1.807) is 18.3 Å². The molecule has 102 valence electrons. The predicted octanol–water partition coefficient (Wildman–Crippen LogP) is 2.73. The lowest BCUT2D eigenvalue weighted by molar-refractivity contribution is -0.142. The molecule has 0 radical (unpaired) electrons. The fraction of sp³-hybridized carbons (Fsp3) is 0.125. The van der Waals surface area contributed by atoms with Gasteiger partial charge in [0.05, 0.1) is 7.11 Å². The van der Waals surface area contributed by atoms with Gasteiger partial charge in [-0.2, -0.15) is 0 Å². The molecule has 0 fully saturated rings. The molecule has 2 rings (SSSR count). The van der Waals surface area contributed by atoms with E-state index in [4.69, 9.17) is 4.74 Å². The summed E-state index contributed by atoms with van der Waals surface area (Å²) in [6, 6.07) is 15.1. The molecule has 0 heterocycles. The predicted molar refractivity (Wildman–Crippen MR) is 76.9 cm³/mol. The van der Waals surface area contributed by atoms with Crippen molar-refractivity contribution in [2.75, 3.05) is 7.11 Å². The van der Waals surface area contributed by atoms with Crippen LogP contribution in [0.4, 0.5) is 0 Å². The number of phenolic OH excluding ortho intramolecular Hbond substituents is 1. The van der Waals surface area contributed by atoms with E-state index in [0.717, 1.165) is 5.56 Å². The number of esters is 1. The summed E-state index contributed by atoms with van der Waals surface area (Å²) in [5, 5.41) is 9.29. The van der Waals surface area contributed by atoms with Gasteiger partial charge >= 0.3 is 5.97 Å². The number of aromatic hydroxyl groups is 1. The van der Waals surface area contributed by atoms with Gasteiger partial charge < -0.3 is 9.84 Å². The Kier molecular flexibility index (Phi) is 4.50. The van der Waals surface area contributed by atoms with Gasteiger partial charge in [-0.3, -0.25) is 4.99 Å². The first kappa shape index (κ1) is 13.8. The molecule has 4 nitrogen and oxygen atoms in total. The Morgan fingerprint density at radius 3 is 2.40 bits per heavy atom. The van der Waals surface area contributed by atoms with E-state index >= 15 is 0 Å². The second-order valence-corrected chi connectivity index (χ2v) is 4.21. The van der Waals surface area contributed by atoms with Crippen LogP contribution in [0.25, 0.3) is 0 Å². The van der Waals surface area contributed by atoms with E-state index in [-0.39, 0.29) is 5.75 Å². The highest BCUT2D eigenvalue weighted by Gasteiger charge is 2.19. The molecule has 4 heteroatoms. The van der Waals surface area contributed by atoms with Crippen molar-refractivity contribution in [2.45, 2.75) is 6.04 Å². The maximum atomic E-state index is 11.8. The zero-order valence-electron chi connectivity index (χ0n) is 11.1. The highest BCUT2D eigenvalue weighted by Crippen LogP contribution is 2.21. The normalized spacial score (nSPS) is 12.2. The second kappa shape index (κ2) is 6.52. The molecule has 0 spiro atoms. The van der Waals surface area contributed by atoms with Crippen LogP contribution in [-0.2, 0) is 9.53 Å². The van der Waals surface area contributed by atoms with Crippen LogP contribution < -0.4 is 0 Å². The summed E-state index contributed by atoms with van der Waals surface area (Å²) in [7, 11) is 1.33. The maximum absolute atomic E-state index is 11.8. The number of benzene rings is 2. The van der Waals surface area contributed by atoms with E-state index in [0.29, 0.717) is 5.56 Å². The van der Waals surface area contributed by atoms with Crippen molar-refractivity contribution in [1.29, 1.82) is 0 Å². The lowest BCUT2D eigenvalue weighted by Gasteiger charge is -2.10. The van der Waals surface area contributed by atoms with Gasteiger partial charge in [0.1, 0.15) is 5.75 Å². The van der Waals surface area contributed by atoms with Crippen LogP contribution in [0, 0.1) is 0 Å². The molecular formula is C16H15NO3. The van der Waals surface area contributed by atoms with Crippen LogP contribution in [0.2, 0.25) is 0 Å². The number of methoxy groups -OCH3 is 1. The number of hydrogen-bond acceptors (Lipinski definition) is 4. The molecule has 0 saturated carbocycles. The SMILES string of the molecule is COC(=O)C(/N=C\c1ccccc1)c1ccc(O)cc1. The monoisotopic (exact) mass is 269 g/mol. The Balaban J connectivity index is 2.27. The van der Waals surface area contributed by atoms with Crippen molar-refractivity contribution in [2.24, 2.45) is 4.99 Å². The zero-order chi connectivity index (χ0) is 14.4. The van der Waals surface area contributed by atoms with E-state index < -0.39 is 12.0 Å². The number of hydrogen-bond donors (Lipinski definition) is 1. The summed E-state index contributed by atoms with van der Waals surface area (Å²) in [5.74, 6) is -0.299. The van der Waals surface area contributed by atoms with Gasteiger partial charge in [0.2, 0.25) is 0 Å². The third kappa shape index (κ3) is 3.45. The van der Waals surface area contributed by atoms with Crippen molar-refractivity contribution in [3.05, 3.63) is 65.7 Å². The molecule has 1 unspecified atom stereocenters. The van der Waals surface area contributed by atoms with Gasteiger partial charge in [-0.15, -0.1) is 0 Å². The highest BCUT2D eigenvalue weighted by atomic mass is 16.5. The van der Waals surface area contributed by atoms with Gasteiger partial charge in [-0.1, -0.05) is 42.5 Å². The van der Waals surface area contributed by atoms with Crippen LogP contribution in [0.15, 0.2) is 59.6 Å². The Morgan fingerprint density at radius 2 is 1.80 bits per heavy atom. The Bertz CT molecular complexity index is 591. The van der Waals surface area contributed by atoms with Crippen LogP contribution in [0.5, 0.6) is 5.75 Å². The van der Waals surface area contributed by atoms with Crippen LogP contribution in [0.1, 0.15) is 17.2 Å². The molecule has 20 heavy (non-hydrogen) atoms. The average molecular weight is 269 g/mol. The summed E-state index contributed by atoms with van der Waals surface area (Å²) in [4.78, 5) is 16.1. The summed E-state index contributed by atoms with van der Waals surface area (Å²) >= 11 is 0. The van der Waals surface area contributed by atoms with Gasteiger partial charge in [-0.25, -0.2) is 4.79 Å². The number of aliphatic imine (C=N–C) groups is 1. The molecule has 0 aliphatic carbocycles. The number of nitrogens with zero attached hydrogens (tertiary/aromatic N) is 1. The molecule has 1 atom stereocenters. The molecule has 1 N–H and O–H groups in total. The minimum absolute atomic E-state index is 0.143. The Morgan fingerprint density at radius 1 is 1.15 bits per heavy atom. The van der Waals surface area contributed by atoms with Crippen molar-refractivity contribution >= 4 is 12.2 Å². The lowest BCUT2D eigenvalue weighted by atomic mass is 10.1. The standard InChI is InChI=1S/C16H15NO3/c1-20-16(19)15(13-7-9-14(18)10-8-13)17-11-12-5-3-2-4-6-12/h2-11,15,18H,1H3/b17-11-. The van der Waals surface area contributed by atoms with Gasteiger partial charge in [0.15, 0.2) is 6.04 Å². The fourth-order valence-corrected chi connectivity index (χ4v) is 1.75. The molecule has 0 saturated heterocycles. The minimum atomic E-state index is -0.735. The topological polar surface area (TPSA) is 58.9 Å². The van der Waals surface area contributed by atoms with Crippen molar-refractivity contribution in [3.63, 3.8) is 0 Å². The largest absolute Gasteiger partial charge is 0.508 e. The van der Waals surface area contributed by atoms with E-state index in [1.165, 1.54) is 19.2 Å². The molecule has 0 aliphatic heterocycles. The maximum Gasteiger partial charge on any atom is 0.335 e. The first-order chi connectivity index (χ1) is 9.70. The molecular weight excluding hydrogens is 254 g/mol. The number of rotatable bonds is 4. The summed E-state index contributed by atoms with van der Waals surface area (Å²) in [6.07, 6.45) is 1.63. The van der Waals surface area contributed by atoms with Crippen LogP contribution in [-0.4, -0.2) is 24.4 Å². The third-order valence-corrected chi connectivity index (χ3v) is 2.81. The molecule has 0 amide bonds. The highest BCUT2D eigenvalue weighted by molar-refractivity contribution is 5.84. The average Bonchev–Trinajstić information content (AvgIpc) is 2.50. The summed E-state index contributed by atoms with van der Waals surface area (Å²) in [6.45, 7) is 0. The summed E-state index contributed by atoms with van der Waals surface area (Å²) < 4.78 is 4.77. The van der Waals surface area contributed by atoms with E-state index in [9.17, 15) is 9.90 Å². The lowest BCUT2D eigenvalue weighted by Crippen LogP contribution is -2.12. The van der Waals surface area contributed by atoms with Crippen molar-refractivity contribution in [1.82, 2.24) is 0 Å².